The van der Waals surface area contributed by atoms with Gasteiger partial charge in [-0.1, -0.05) is 18.2 Å². The molecule has 0 saturated heterocycles. The number of hydrogen-bond donors (Lipinski definition) is 2. The first kappa shape index (κ1) is 17.8. The fourth-order valence-corrected chi connectivity index (χ4v) is 5.08. The monoisotopic (exact) mass is 372 g/mol. The highest BCUT2D eigenvalue weighted by Gasteiger charge is 2.60. The number of benzene rings is 1. The number of para-hydroxylation sites is 1. The van der Waals surface area contributed by atoms with Crippen LogP contribution in [0.1, 0.15) is 50.5 Å². The molecule has 144 valence electrons. The molecule has 0 bridgehead atoms. The zero-order valence-corrected chi connectivity index (χ0v) is 15.1. The predicted molar refractivity (Wildman–Crippen MR) is 97.5 cm³/mol. The summed E-state index contributed by atoms with van der Waals surface area (Å²) in [6.07, 6.45) is 3.41. The highest BCUT2D eigenvalue weighted by atomic mass is 16.4. The van der Waals surface area contributed by atoms with Crippen LogP contribution in [-0.4, -0.2) is 44.8 Å². The van der Waals surface area contributed by atoms with E-state index >= 15 is 0 Å². The smallest absolute Gasteiger partial charge is 0.413 e. The Bertz CT molecular complexity index is 790. The summed E-state index contributed by atoms with van der Waals surface area (Å²) in [5.41, 5.74) is 0.757. The second kappa shape index (κ2) is 6.55. The molecule has 27 heavy (non-hydrogen) atoms. The van der Waals surface area contributed by atoms with Gasteiger partial charge in [-0.05, 0) is 50.2 Å². The van der Waals surface area contributed by atoms with Crippen LogP contribution in [0.3, 0.4) is 0 Å². The van der Waals surface area contributed by atoms with Gasteiger partial charge in [0.1, 0.15) is 5.66 Å². The van der Waals surface area contributed by atoms with E-state index < -0.39 is 17.7 Å². The van der Waals surface area contributed by atoms with Crippen LogP contribution >= 0.6 is 0 Å². The van der Waals surface area contributed by atoms with Crippen LogP contribution in [-0.2, 0) is 16.0 Å². The number of carboxylic acid groups (broad SMARTS) is 2. The van der Waals surface area contributed by atoms with Gasteiger partial charge in [0.05, 0.1) is 12.1 Å². The van der Waals surface area contributed by atoms with Gasteiger partial charge in [-0.2, -0.15) is 0 Å². The zero-order valence-electron chi connectivity index (χ0n) is 15.1. The SMILES string of the molecule is O=C(O)CCC(=O)N(C1CC1)[C@@]12CCC[C@@H]1Cc1ccccc1N2C(=O)O. The van der Waals surface area contributed by atoms with E-state index in [4.69, 9.17) is 5.11 Å². The first-order chi connectivity index (χ1) is 12.9. The third-order valence-corrected chi connectivity index (χ3v) is 6.18. The molecule has 0 spiro atoms. The molecule has 1 aromatic rings. The molecule has 2 aliphatic carbocycles. The third-order valence-electron chi connectivity index (χ3n) is 6.18. The summed E-state index contributed by atoms with van der Waals surface area (Å²) in [4.78, 5) is 39.6. The van der Waals surface area contributed by atoms with E-state index in [-0.39, 0.29) is 30.7 Å². The van der Waals surface area contributed by atoms with Gasteiger partial charge in [0.2, 0.25) is 5.91 Å². The topological polar surface area (TPSA) is 98.2 Å². The Hall–Kier alpha value is -2.57. The molecule has 1 aliphatic heterocycles. The van der Waals surface area contributed by atoms with Crippen LogP contribution in [0.25, 0.3) is 0 Å². The second-order valence-electron chi connectivity index (χ2n) is 7.81. The van der Waals surface area contributed by atoms with E-state index in [2.05, 4.69) is 0 Å². The van der Waals surface area contributed by atoms with E-state index in [1.807, 2.05) is 24.3 Å². The van der Waals surface area contributed by atoms with Gasteiger partial charge in [0, 0.05) is 18.4 Å². The van der Waals surface area contributed by atoms with Crippen LogP contribution in [0.2, 0.25) is 0 Å². The lowest BCUT2D eigenvalue weighted by Crippen LogP contribution is -2.68. The summed E-state index contributed by atoms with van der Waals surface area (Å²) in [5.74, 6) is -1.21. The number of nitrogens with zero attached hydrogens (tertiary/aromatic N) is 2. The maximum absolute atomic E-state index is 13.1. The zero-order chi connectivity index (χ0) is 19.2. The molecule has 2 saturated carbocycles. The Balaban J connectivity index is 1.80. The normalized spacial score (nSPS) is 26.2. The fourth-order valence-electron chi connectivity index (χ4n) is 5.08. The van der Waals surface area contributed by atoms with Crippen LogP contribution in [0.4, 0.5) is 10.5 Å². The second-order valence-corrected chi connectivity index (χ2v) is 7.81. The maximum Gasteiger partial charge on any atom is 0.413 e. The minimum Gasteiger partial charge on any atom is -0.481 e. The summed E-state index contributed by atoms with van der Waals surface area (Å²) in [6.45, 7) is 0. The predicted octanol–water partition coefficient (Wildman–Crippen LogP) is 3.08. The van der Waals surface area contributed by atoms with Crippen molar-refractivity contribution in [3.63, 3.8) is 0 Å². The highest BCUT2D eigenvalue weighted by Crippen LogP contribution is 2.53. The lowest BCUT2D eigenvalue weighted by molar-refractivity contribution is -0.145. The van der Waals surface area contributed by atoms with Crippen LogP contribution in [0.15, 0.2) is 24.3 Å². The number of aliphatic carboxylic acids is 1. The standard InChI is InChI=1S/C20H24N2O5/c23-17(9-10-18(24)25)21(15-7-8-15)20-11-3-5-14(20)12-13-4-1-2-6-16(13)22(20)19(26)27/h1-2,4,6,14-15H,3,5,7-12H2,(H,24,25)(H,26,27)/t14-,20-/m1/s1. The van der Waals surface area contributed by atoms with Gasteiger partial charge in [0.15, 0.2) is 0 Å². The average molecular weight is 372 g/mol. The Morgan fingerprint density at radius 2 is 1.85 bits per heavy atom. The van der Waals surface area contributed by atoms with Crippen molar-refractivity contribution in [3.05, 3.63) is 29.8 Å². The number of carboxylic acids is 1. The van der Waals surface area contributed by atoms with Crippen molar-refractivity contribution in [1.29, 1.82) is 0 Å². The molecule has 2 N–H and O–H groups in total. The molecular formula is C20H24N2O5. The number of carbonyl (C=O) groups is 3. The number of anilines is 1. The number of fused-ring (bicyclic) bond motifs is 2. The maximum atomic E-state index is 13.1. The van der Waals surface area contributed by atoms with Gasteiger partial charge in [-0.25, -0.2) is 4.79 Å². The molecule has 7 nitrogen and oxygen atoms in total. The molecule has 1 aromatic carbocycles. The van der Waals surface area contributed by atoms with Crippen molar-refractivity contribution in [2.24, 2.45) is 5.92 Å². The van der Waals surface area contributed by atoms with Crippen LogP contribution in [0, 0.1) is 5.92 Å². The first-order valence-corrected chi connectivity index (χ1v) is 9.60. The number of carbonyl (C=O) groups excluding carboxylic acids is 1. The van der Waals surface area contributed by atoms with E-state index in [1.54, 1.807) is 4.90 Å². The van der Waals surface area contributed by atoms with E-state index in [9.17, 15) is 19.5 Å². The minimum absolute atomic E-state index is 0.0130. The third kappa shape index (κ3) is 2.85. The van der Waals surface area contributed by atoms with E-state index in [0.717, 1.165) is 37.7 Å². The van der Waals surface area contributed by atoms with Gasteiger partial charge >= 0.3 is 12.1 Å². The number of rotatable bonds is 5. The molecule has 2 amide bonds. The average Bonchev–Trinajstić information content (AvgIpc) is 3.36. The highest BCUT2D eigenvalue weighted by molar-refractivity contribution is 5.92. The molecule has 1 heterocycles. The van der Waals surface area contributed by atoms with Crippen molar-refractivity contribution in [2.45, 2.75) is 63.1 Å². The van der Waals surface area contributed by atoms with Crippen molar-refractivity contribution in [2.75, 3.05) is 4.90 Å². The number of amides is 2. The van der Waals surface area contributed by atoms with Crippen molar-refractivity contribution < 1.29 is 24.6 Å². The lowest BCUT2D eigenvalue weighted by atomic mass is 9.81. The van der Waals surface area contributed by atoms with Crippen LogP contribution in [0.5, 0.6) is 0 Å². The minimum atomic E-state index is -1.05. The Labute approximate surface area is 157 Å². The summed E-state index contributed by atoms with van der Waals surface area (Å²) in [7, 11) is 0. The molecular weight excluding hydrogens is 348 g/mol. The molecule has 0 radical (unpaired) electrons. The molecule has 0 unspecified atom stereocenters. The van der Waals surface area contributed by atoms with Crippen molar-refractivity contribution in [3.8, 4) is 0 Å². The molecule has 4 rings (SSSR count). The molecule has 7 heteroatoms. The largest absolute Gasteiger partial charge is 0.481 e. The van der Waals surface area contributed by atoms with E-state index in [0.29, 0.717) is 12.1 Å². The van der Waals surface area contributed by atoms with Gasteiger partial charge in [-0.3, -0.25) is 14.5 Å². The first-order valence-electron chi connectivity index (χ1n) is 9.60. The van der Waals surface area contributed by atoms with Crippen molar-refractivity contribution >= 4 is 23.7 Å². The Morgan fingerprint density at radius 3 is 2.52 bits per heavy atom. The summed E-state index contributed by atoms with van der Waals surface area (Å²) in [5, 5.41) is 19.1. The molecule has 2 atom stereocenters. The lowest BCUT2D eigenvalue weighted by Gasteiger charge is -2.54. The van der Waals surface area contributed by atoms with Crippen molar-refractivity contribution in [1.82, 2.24) is 4.90 Å². The van der Waals surface area contributed by atoms with Gasteiger partial charge < -0.3 is 15.1 Å². The summed E-state index contributed by atoms with van der Waals surface area (Å²) >= 11 is 0. The molecule has 3 aliphatic rings. The molecule has 2 fully saturated rings. The molecule has 0 aromatic heterocycles. The van der Waals surface area contributed by atoms with Gasteiger partial charge in [0.25, 0.3) is 0 Å². The van der Waals surface area contributed by atoms with Crippen LogP contribution < -0.4 is 4.90 Å². The Kier molecular flexibility index (Phi) is 4.32. The van der Waals surface area contributed by atoms with E-state index in [1.165, 1.54) is 4.90 Å². The van der Waals surface area contributed by atoms with Gasteiger partial charge in [-0.15, -0.1) is 0 Å². The fraction of sp³-hybridized carbons (Fsp3) is 0.550. The summed E-state index contributed by atoms with van der Waals surface area (Å²) in [6, 6.07) is 7.52. The summed E-state index contributed by atoms with van der Waals surface area (Å²) < 4.78 is 0. The quantitative estimate of drug-likeness (QED) is 0.828. The number of hydrogen-bond acceptors (Lipinski definition) is 3. The Morgan fingerprint density at radius 1 is 1.11 bits per heavy atom.